The summed E-state index contributed by atoms with van der Waals surface area (Å²) in [6.45, 7) is 1.46. The molecule has 0 N–H and O–H groups in total. The van der Waals surface area contributed by atoms with Crippen molar-refractivity contribution in [2.24, 2.45) is 0 Å². The molecule has 30 heavy (non-hydrogen) atoms. The van der Waals surface area contributed by atoms with Gasteiger partial charge in [0.05, 0.1) is 20.0 Å². The maximum Gasteiger partial charge on any atom is 0.325 e. The smallest absolute Gasteiger partial charge is 0.325 e. The van der Waals surface area contributed by atoms with Crippen LogP contribution in [-0.4, -0.2) is 69.2 Å². The molecular formula is C22H28N2O5S. The Bertz CT molecular complexity index is 932. The maximum absolute atomic E-state index is 13.0. The summed E-state index contributed by atoms with van der Waals surface area (Å²) in [4.78, 5) is 14.6. The fraction of sp³-hybridized carbons (Fsp3) is 0.409. The number of methoxy groups -OCH3 is 2. The largest absolute Gasteiger partial charge is 0.497 e. The molecule has 0 spiro atoms. The number of carbonyl (C=O) groups is 1. The quantitative estimate of drug-likeness (QED) is 0.623. The van der Waals surface area contributed by atoms with E-state index in [1.165, 1.54) is 17.0 Å². The van der Waals surface area contributed by atoms with Crippen molar-refractivity contribution < 1.29 is 22.7 Å². The number of nitrogens with zero attached hydrogens (tertiary/aromatic N) is 2. The highest BCUT2D eigenvalue weighted by Crippen LogP contribution is 2.21. The Hall–Kier alpha value is -2.42. The summed E-state index contributed by atoms with van der Waals surface area (Å²) in [6.07, 6.45) is 0.785. The van der Waals surface area contributed by atoms with Crippen molar-refractivity contribution in [1.82, 2.24) is 9.21 Å². The van der Waals surface area contributed by atoms with Gasteiger partial charge in [0.15, 0.2) is 0 Å². The first kappa shape index (κ1) is 22.3. The van der Waals surface area contributed by atoms with Gasteiger partial charge in [-0.1, -0.05) is 42.5 Å². The van der Waals surface area contributed by atoms with Crippen molar-refractivity contribution in [3.05, 3.63) is 65.7 Å². The van der Waals surface area contributed by atoms with Crippen molar-refractivity contribution in [3.8, 4) is 5.75 Å². The Labute approximate surface area is 178 Å². The van der Waals surface area contributed by atoms with Crippen molar-refractivity contribution in [3.63, 3.8) is 0 Å². The lowest BCUT2D eigenvalue weighted by Gasteiger charge is -2.28. The minimum Gasteiger partial charge on any atom is -0.497 e. The molecule has 1 heterocycles. The van der Waals surface area contributed by atoms with Crippen LogP contribution in [-0.2, 0) is 32.5 Å². The highest BCUT2D eigenvalue weighted by Gasteiger charge is 2.39. The van der Waals surface area contributed by atoms with Gasteiger partial charge in [0, 0.05) is 26.2 Å². The van der Waals surface area contributed by atoms with E-state index in [1.54, 1.807) is 31.4 Å². The molecule has 2 aromatic rings. The second-order valence-corrected chi connectivity index (χ2v) is 9.33. The predicted molar refractivity (Wildman–Crippen MR) is 115 cm³/mol. The van der Waals surface area contributed by atoms with Crippen molar-refractivity contribution in [2.75, 3.05) is 39.6 Å². The molecule has 8 heteroatoms. The van der Waals surface area contributed by atoms with E-state index in [4.69, 9.17) is 9.47 Å². The average Bonchev–Trinajstić information content (AvgIpc) is 2.89. The molecule has 1 aliphatic heterocycles. The zero-order valence-electron chi connectivity index (χ0n) is 17.4. The molecule has 0 amide bonds. The topological polar surface area (TPSA) is 76.2 Å². The molecule has 0 aromatic heterocycles. The third-order valence-corrected chi connectivity index (χ3v) is 7.13. The molecule has 1 unspecified atom stereocenters. The van der Waals surface area contributed by atoms with Gasteiger partial charge >= 0.3 is 5.97 Å². The van der Waals surface area contributed by atoms with Gasteiger partial charge in [-0.15, -0.1) is 0 Å². The fourth-order valence-corrected chi connectivity index (χ4v) is 5.17. The van der Waals surface area contributed by atoms with E-state index in [9.17, 15) is 13.2 Å². The van der Waals surface area contributed by atoms with E-state index in [2.05, 4.69) is 0 Å². The molecule has 0 radical (unpaired) electrons. The Morgan fingerprint density at radius 1 is 1.03 bits per heavy atom. The number of esters is 1. The third-order valence-electron chi connectivity index (χ3n) is 5.33. The molecule has 1 aliphatic rings. The highest BCUT2D eigenvalue weighted by atomic mass is 32.2. The summed E-state index contributed by atoms with van der Waals surface area (Å²) >= 11 is 0. The van der Waals surface area contributed by atoms with E-state index in [0.29, 0.717) is 25.4 Å². The standard InChI is InChI=1S/C22H28N2O5S/c1-28-20-10-8-19(9-11-20)16-24-21(22(25)29-2)17-23(14-15-30(24,26)27)13-12-18-6-4-3-5-7-18/h3-11,21H,12-17H2,1-2H3. The lowest BCUT2D eigenvalue weighted by Crippen LogP contribution is -2.48. The molecule has 1 fully saturated rings. The number of sulfonamides is 1. The van der Waals surface area contributed by atoms with Crippen LogP contribution in [0.5, 0.6) is 5.75 Å². The lowest BCUT2D eigenvalue weighted by atomic mass is 10.1. The number of ether oxygens (including phenoxy) is 2. The van der Waals surface area contributed by atoms with Crippen LogP contribution in [0.15, 0.2) is 54.6 Å². The fourth-order valence-electron chi connectivity index (χ4n) is 3.57. The number of rotatable bonds is 7. The summed E-state index contributed by atoms with van der Waals surface area (Å²) in [5, 5.41) is 0. The SMILES string of the molecule is COC(=O)C1CN(CCc2ccccc2)CCS(=O)(=O)N1Cc1ccc(OC)cc1. The zero-order valence-corrected chi connectivity index (χ0v) is 18.2. The Balaban J connectivity index is 1.79. The van der Waals surface area contributed by atoms with Crippen LogP contribution >= 0.6 is 0 Å². The van der Waals surface area contributed by atoms with Crippen molar-refractivity contribution in [1.29, 1.82) is 0 Å². The Kier molecular flexibility index (Phi) is 7.47. The van der Waals surface area contributed by atoms with Crippen LogP contribution in [0, 0.1) is 0 Å². The summed E-state index contributed by atoms with van der Waals surface area (Å²) in [7, 11) is -0.768. The van der Waals surface area contributed by atoms with E-state index in [0.717, 1.165) is 12.0 Å². The van der Waals surface area contributed by atoms with Gasteiger partial charge in [0.25, 0.3) is 0 Å². The molecule has 7 nitrogen and oxygen atoms in total. The zero-order chi connectivity index (χ0) is 21.6. The summed E-state index contributed by atoms with van der Waals surface area (Å²) < 4.78 is 37.5. The summed E-state index contributed by atoms with van der Waals surface area (Å²) in [6, 6.07) is 16.3. The Morgan fingerprint density at radius 3 is 2.37 bits per heavy atom. The average molecular weight is 433 g/mol. The lowest BCUT2D eigenvalue weighted by molar-refractivity contribution is -0.145. The first-order valence-corrected chi connectivity index (χ1v) is 11.5. The molecule has 1 saturated heterocycles. The normalized spacial score (nSPS) is 19.7. The van der Waals surface area contributed by atoms with E-state index < -0.39 is 22.0 Å². The Morgan fingerprint density at radius 2 is 1.73 bits per heavy atom. The van der Waals surface area contributed by atoms with Gasteiger partial charge < -0.3 is 9.47 Å². The van der Waals surface area contributed by atoms with E-state index in [-0.39, 0.29) is 12.3 Å². The molecule has 162 valence electrons. The second-order valence-electron chi connectivity index (χ2n) is 7.28. The number of benzene rings is 2. The van der Waals surface area contributed by atoms with Crippen LogP contribution in [0.25, 0.3) is 0 Å². The monoisotopic (exact) mass is 432 g/mol. The second kappa shape index (κ2) is 10.1. The first-order chi connectivity index (χ1) is 14.4. The minimum atomic E-state index is -3.63. The summed E-state index contributed by atoms with van der Waals surface area (Å²) in [5.41, 5.74) is 1.96. The van der Waals surface area contributed by atoms with Gasteiger partial charge in [-0.05, 0) is 29.7 Å². The molecule has 0 aliphatic carbocycles. The molecule has 0 bridgehead atoms. The summed E-state index contributed by atoms with van der Waals surface area (Å²) in [5.74, 6) is 0.110. The minimum absolute atomic E-state index is 0.0363. The van der Waals surface area contributed by atoms with Gasteiger partial charge in [-0.3, -0.25) is 9.69 Å². The first-order valence-electron chi connectivity index (χ1n) is 9.89. The van der Waals surface area contributed by atoms with Crippen molar-refractivity contribution in [2.45, 2.75) is 19.0 Å². The van der Waals surface area contributed by atoms with Gasteiger partial charge in [0.1, 0.15) is 11.8 Å². The van der Waals surface area contributed by atoms with E-state index >= 15 is 0 Å². The van der Waals surface area contributed by atoms with Crippen LogP contribution < -0.4 is 4.74 Å². The van der Waals surface area contributed by atoms with Crippen LogP contribution in [0.3, 0.4) is 0 Å². The predicted octanol–water partition coefficient (Wildman–Crippen LogP) is 1.93. The van der Waals surface area contributed by atoms with Crippen LogP contribution in [0.1, 0.15) is 11.1 Å². The van der Waals surface area contributed by atoms with Gasteiger partial charge in [-0.2, -0.15) is 4.31 Å². The van der Waals surface area contributed by atoms with Crippen LogP contribution in [0.4, 0.5) is 0 Å². The van der Waals surface area contributed by atoms with Crippen molar-refractivity contribution >= 4 is 16.0 Å². The maximum atomic E-state index is 13.0. The number of hydrogen-bond acceptors (Lipinski definition) is 6. The molecule has 3 rings (SSSR count). The van der Waals surface area contributed by atoms with Gasteiger partial charge in [0.2, 0.25) is 10.0 Å². The molecule has 0 saturated carbocycles. The number of hydrogen-bond donors (Lipinski definition) is 0. The highest BCUT2D eigenvalue weighted by molar-refractivity contribution is 7.89. The molecule has 1 atom stereocenters. The number of carbonyl (C=O) groups excluding carboxylic acids is 1. The molecular weight excluding hydrogens is 404 g/mol. The molecule has 2 aromatic carbocycles. The van der Waals surface area contributed by atoms with Gasteiger partial charge in [-0.25, -0.2) is 8.42 Å². The van der Waals surface area contributed by atoms with E-state index in [1.807, 2.05) is 35.2 Å². The third kappa shape index (κ3) is 5.59. The van der Waals surface area contributed by atoms with Crippen LogP contribution in [0.2, 0.25) is 0 Å².